The molecule has 4 nitrogen and oxygen atoms in total. The van der Waals surface area contributed by atoms with Gasteiger partial charge in [-0.25, -0.2) is 15.0 Å². The van der Waals surface area contributed by atoms with Gasteiger partial charge in [-0.15, -0.1) is 11.3 Å². The predicted molar refractivity (Wildman–Crippen MR) is 73.0 cm³/mol. The first kappa shape index (κ1) is 12.6. The number of anilines is 1. The summed E-state index contributed by atoms with van der Waals surface area (Å²) in [5.41, 5.74) is 1.01. The van der Waals surface area contributed by atoms with Crippen molar-refractivity contribution in [1.82, 2.24) is 15.0 Å². The first-order chi connectivity index (χ1) is 8.17. The topological polar surface area (TPSA) is 50.7 Å². The van der Waals surface area contributed by atoms with Gasteiger partial charge in [-0.3, -0.25) is 0 Å². The monoisotopic (exact) mass is 286 g/mol. The average Bonchev–Trinajstić information content (AvgIpc) is 2.72. The summed E-state index contributed by atoms with van der Waals surface area (Å²) in [6.45, 7) is 2.63. The molecule has 0 aliphatic heterocycles. The van der Waals surface area contributed by atoms with Crippen LogP contribution in [-0.2, 0) is 6.54 Å². The van der Waals surface area contributed by atoms with Crippen molar-refractivity contribution < 1.29 is 0 Å². The largest absolute Gasteiger partial charge is 0.364 e. The number of aromatic nitrogens is 3. The van der Waals surface area contributed by atoms with E-state index in [-0.39, 0.29) is 0 Å². The van der Waals surface area contributed by atoms with Crippen LogP contribution in [-0.4, -0.2) is 21.2 Å². The lowest BCUT2D eigenvalue weighted by Gasteiger charge is -2.05. The van der Waals surface area contributed by atoms with Crippen molar-refractivity contribution in [2.45, 2.75) is 18.6 Å². The lowest BCUT2D eigenvalue weighted by atomic mass is 10.4. The van der Waals surface area contributed by atoms with Gasteiger partial charge in [0, 0.05) is 11.4 Å². The van der Waals surface area contributed by atoms with Gasteiger partial charge in [-0.1, -0.05) is 23.4 Å². The number of thioether (sulfide) groups is 1. The molecule has 2 heterocycles. The van der Waals surface area contributed by atoms with Crippen LogP contribution in [0.5, 0.6) is 0 Å². The van der Waals surface area contributed by atoms with E-state index >= 15 is 0 Å². The number of hydrogen-bond acceptors (Lipinski definition) is 6. The van der Waals surface area contributed by atoms with Crippen LogP contribution in [0.3, 0.4) is 0 Å². The molecular weight excluding hydrogens is 276 g/mol. The Balaban J connectivity index is 2.05. The summed E-state index contributed by atoms with van der Waals surface area (Å²) in [5.74, 6) is 0.722. The fourth-order valence-electron chi connectivity index (χ4n) is 1.25. The minimum Gasteiger partial charge on any atom is -0.364 e. The molecule has 90 valence electrons. The molecule has 0 saturated heterocycles. The van der Waals surface area contributed by atoms with E-state index in [1.54, 1.807) is 17.4 Å². The van der Waals surface area contributed by atoms with Gasteiger partial charge in [0.2, 0.25) is 0 Å². The third-order valence-corrected chi connectivity index (χ3v) is 3.54. The molecule has 0 spiro atoms. The van der Waals surface area contributed by atoms with Gasteiger partial charge in [0.05, 0.1) is 17.2 Å². The Kier molecular flexibility index (Phi) is 4.20. The normalized spacial score (nSPS) is 10.5. The van der Waals surface area contributed by atoms with E-state index < -0.39 is 0 Å². The number of nitrogens with one attached hydrogen (secondary N) is 1. The Morgan fingerprint density at radius 3 is 2.88 bits per heavy atom. The van der Waals surface area contributed by atoms with E-state index in [0.29, 0.717) is 16.9 Å². The SMILES string of the molecule is CSc1nc(Cl)cc(NCc2csc(C)n2)n1. The molecule has 0 bridgehead atoms. The second-order valence-electron chi connectivity index (χ2n) is 3.27. The second-order valence-corrected chi connectivity index (χ2v) is 5.50. The minimum absolute atomic E-state index is 0.446. The van der Waals surface area contributed by atoms with Crippen LogP contribution in [0.4, 0.5) is 5.82 Å². The van der Waals surface area contributed by atoms with Crippen LogP contribution >= 0.6 is 34.7 Å². The number of hydrogen-bond donors (Lipinski definition) is 1. The summed E-state index contributed by atoms with van der Waals surface area (Å²) in [6, 6.07) is 1.71. The molecule has 0 radical (unpaired) electrons. The molecule has 0 aliphatic rings. The molecule has 0 aliphatic carbocycles. The highest BCUT2D eigenvalue weighted by molar-refractivity contribution is 7.98. The Morgan fingerprint density at radius 1 is 1.41 bits per heavy atom. The van der Waals surface area contributed by atoms with Crippen LogP contribution in [0.1, 0.15) is 10.7 Å². The van der Waals surface area contributed by atoms with E-state index in [4.69, 9.17) is 11.6 Å². The van der Waals surface area contributed by atoms with E-state index in [0.717, 1.165) is 16.5 Å². The molecular formula is C10H11ClN4S2. The fourth-order valence-corrected chi connectivity index (χ4v) is 2.47. The van der Waals surface area contributed by atoms with Crippen LogP contribution in [0.2, 0.25) is 5.15 Å². The molecule has 7 heteroatoms. The standard InChI is InChI=1S/C10H11ClN4S2/c1-6-13-7(5-17-6)4-12-9-3-8(11)14-10(15-9)16-2/h3,5H,4H2,1-2H3,(H,12,14,15). The molecule has 17 heavy (non-hydrogen) atoms. The van der Waals surface area contributed by atoms with Gasteiger partial charge < -0.3 is 5.32 Å². The van der Waals surface area contributed by atoms with Crippen molar-refractivity contribution in [3.63, 3.8) is 0 Å². The summed E-state index contributed by atoms with van der Waals surface area (Å²) >= 11 is 9.00. The number of rotatable bonds is 4. The Hall–Kier alpha value is -0.850. The van der Waals surface area contributed by atoms with Gasteiger partial charge in [0.25, 0.3) is 0 Å². The third kappa shape index (κ3) is 3.55. The first-order valence-corrected chi connectivity index (χ1v) is 7.39. The van der Waals surface area contributed by atoms with Crippen molar-refractivity contribution >= 4 is 40.5 Å². The first-order valence-electron chi connectivity index (χ1n) is 4.91. The Labute approximate surface area is 113 Å². The van der Waals surface area contributed by atoms with Crippen LogP contribution in [0, 0.1) is 6.92 Å². The van der Waals surface area contributed by atoms with Gasteiger partial charge in [0.1, 0.15) is 11.0 Å². The van der Waals surface area contributed by atoms with Gasteiger partial charge in [-0.05, 0) is 13.2 Å². The van der Waals surface area contributed by atoms with Crippen LogP contribution < -0.4 is 5.32 Å². The van der Waals surface area contributed by atoms with Gasteiger partial charge in [-0.2, -0.15) is 0 Å². The number of nitrogens with zero attached hydrogens (tertiary/aromatic N) is 3. The molecule has 2 aromatic heterocycles. The number of aryl methyl sites for hydroxylation is 1. The minimum atomic E-state index is 0.446. The quantitative estimate of drug-likeness (QED) is 0.531. The Morgan fingerprint density at radius 2 is 2.24 bits per heavy atom. The van der Waals surface area contributed by atoms with Crippen LogP contribution in [0.25, 0.3) is 0 Å². The van der Waals surface area contributed by atoms with Crippen molar-refractivity contribution in [2.75, 3.05) is 11.6 Å². The fraction of sp³-hybridized carbons (Fsp3) is 0.300. The second kappa shape index (κ2) is 5.66. The molecule has 2 rings (SSSR count). The molecule has 0 amide bonds. The zero-order valence-electron chi connectivity index (χ0n) is 9.40. The summed E-state index contributed by atoms with van der Waals surface area (Å²) in [4.78, 5) is 12.7. The average molecular weight is 287 g/mol. The van der Waals surface area contributed by atoms with Crippen LogP contribution in [0.15, 0.2) is 16.6 Å². The number of halogens is 1. The molecule has 0 saturated carbocycles. The highest BCUT2D eigenvalue weighted by atomic mass is 35.5. The molecule has 0 unspecified atom stereocenters. The van der Waals surface area contributed by atoms with E-state index in [9.17, 15) is 0 Å². The Bertz CT molecular complexity index is 515. The van der Waals surface area contributed by atoms with Gasteiger partial charge >= 0.3 is 0 Å². The predicted octanol–water partition coefficient (Wildman–Crippen LogP) is 3.23. The highest BCUT2D eigenvalue weighted by Gasteiger charge is 2.03. The smallest absolute Gasteiger partial charge is 0.190 e. The number of thiazole rings is 1. The summed E-state index contributed by atoms with van der Waals surface area (Å²) in [5, 5.41) is 7.38. The molecule has 0 atom stereocenters. The van der Waals surface area contributed by atoms with Crippen molar-refractivity contribution in [3.05, 3.63) is 27.3 Å². The molecule has 0 fully saturated rings. The summed E-state index contributed by atoms with van der Waals surface area (Å²) < 4.78 is 0. The van der Waals surface area contributed by atoms with Gasteiger partial charge in [0.15, 0.2) is 5.16 Å². The van der Waals surface area contributed by atoms with E-state index in [1.807, 2.05) is 18.6 Å². The van der Waals surface area contributed by atoms with E-state index in [1.165, 1.54) is 11.8 Å². The lowest BCUT2D eigenvalue weighted by molar-refractivity contribution is 0.948. The van der Waals surface area contributed by atoms with Crippen molar-refractivity contribution in [2.24, 2.45) is 0 Å². The van der Waals surface area contributed by atoms with Crippen molar-refractivity contribution in [3.8, 4) is 0 Å². The maximum Gasteiger partial charge on any atom is 0.190 e. The summed E-state index contributed by atoms with van der Waals surface area (Å²) in [7, 11) is 0. The molecule has 2 aromatic rings. The lowest BCUT2D eigenvalue weighted by Crippen LogP contribution is -2.03. The van der Waals surface area contributed by atoms with Crippen molar-refractivity contribution in [1.29, 1.82) is 0 Å². The highest BCUT2D eigenvalue weighted by Crippen LogP contribution is 2.18. The summed E-state index contributed by atoms with van der Waals surface area (Å²) in [6.07, 6.45) is 1.92. The molecule has 1 N–H and O–H groups in total. The van der Waals surface area contributed by atoms with E-state index in [2.05, 4.69) is 20.3 Å². The zero-order chi connectivity index (χ0) is 12.3. The maximum atomic E-state index is 5.90. The maximum absolute atomic E-state index is 5.90. The third-order valence-electron chi connectivity index (χ3n) is 1.97. The molecule has 0 aromatic carbocycles. The zero-order valence-corrected chi connectivity index (χ0v) is 11.8.